The molecule has 5 heteroatoms. The van der Waals surface area contributed by atoms with Gasteiger partial charge in [0, 0.05) is 37.9 Å². The molecular formula is C11H17N3OS. The minimum atomic E-state index is 0.167. The summed E-state index contributed by atoms with van der Waals surface area (Å²) in [4.78, 5) is 17.7. The van der Waals surface area contributed by atoms with Gasteiger partial charge in [-0.1, -0.05) is 0 Å². The molecule has 0 aromatic carbocycles. The molecule has 1 unspecified atom stereocenters. The van der Waals surface area contributed by atoms with Crippen molar-refractivity contribution >= 4 is 17.2 Å². The second-order valence-corrected chi connectivity index (χ2v) is 5.08. The molecule has 2 N–H and O–H groups in total. The van der Waals surface area contributed by atoms with Crippen molar-refractivity contribution in [2.45, 2.75) is 32.2 Å². The topological polar surface area (TPSA) is 59.2 Å². The summed E-state index contributed by atoms with van der Waals surface area (Å²) < 4.78 is 0. The van der Waals surface area contributed by atoms with Crippen molar-refractivity contribution in [1.29, 1.82) is 0 Å². The fraction of sp³-hybridized carbons (Fsp3) is 0.636. The summed E-state index contributed by atoms with van der Waals surface area (Å²) in [7, 11) is 0. The van der Waals surface area contributed by atoms with Gasteiger partial charge in [0.05, 0.1) is 10.7 Å². The summed E-state index contributed by atoms with van der Waals surface area (Å²) >= 11 is 1.67. The fourth-order valence-corrected chi connectivity index (χ4v) is 3.03. The maximum atomic E-state index is 11.3. The van der Waals surface area contributed by atoms with E-state index in [0.29, 0.717) is 12.5 Å². The highest BCUT2D eigenvalue weighted by Gasteiger charge is 2.24. The molecular weight excluding hydrogens is 222 g/mol. The number of thiazole rings is 1. The highest BCUT2D eigenvalue weighted by molar-refractivity contribution is 7.09. The number of hydrogen-bond acceptors (Lipinski definition) is 4. The lowest BCUT2D eigenvalue weighted by Gasteiger charge is -2.30. The molecule has 1 aromatic rings. The van der Waals surface area contributed by atoms with E-state index in [1.807, 2.05) is 10.3 Å². The quantitative estimate of drug-likeness (QED) is 0.847. The average molecular weight is 239 g/mol. The normalized spacial score (nSPS) is 21.1. The Labute approximate surface area is 99.5 Å². The van der Waals surface area contributed by atoms with E-state index < -0.39 is 0 Å². The van der Waals surface area contributed by atoms with Crippen LogP contribution in [0.2, 0.25) is 0 Å². The summed E-state index contributed by atoms with van der Waals surface area (Å²) in [6.45, 7) is 3.84. The van der Waals surface area contributed by atoms with E-state index in [1.165, 1.54) is 0 Å². The molecule has 1 saturated heterocycles. The Morgan fingerprint density at radius 1 is 1.75 bits per heavy atom. The molecule has 4 nitrogen and oxygen atoms in total. The Hall–Kier alpha value is -0.940. The van der Waals surface area contributed by atoms with E-state index in [4.69, 9.17) is 5.73 Å². The molecule has 1 aliphatic rings. The third kappa shape index (κ3) is 2.41. The number of nitrogens with two attached hydrogens (primary N) is 1. The Morgan fingerprint density at radius 3 is 3.19 bits per heavy atom. The molecule has 2 rings (SSSR count). The van der Waals surface area contributed by atoms with Crippen LogP contribution in [0.15, 0.2) is 5.38 Å². The van der Waals surface area contributed by atoms with E-state index >= 15 is 0 Å². The third-order valence-electron chi connectivity index (χ3n) is 2.99. The molecule has 0 aliphatic carbocycles. The van der Waals surface area contributed by atoms with Crippen LogP contribution < -0.4 is 5.73 Å². The second kappa shape index (κ2) is 4.93. The number of hydrogen-bond donors (Lipinski definition) is 1. The predicted octanol–water partition coefficient (Wildman–Crippen LogP) is 1.33. The van der Waals surface area contributed by atoms with Gasteiger partial charge < -0.3 is 10.6 Å². The summed E-state index contributed by atoms with van der Waals surface area (Å²) in [6, 6.07) is 0. The van der Waals surface area contributed by atoms with Crippen LogP contribution in [0, 0.1) is 0 Å². The molecule has 1 fully saturated rings. The largest absolute Gasteiger partial charge is 0.342 e. The molecule has 0 spiro atoms. The number of carbonyl (C=O) groups excluding carboxylic acids is 1. The van der Waals surface area contributed by atoms with Crippen LogP contribution in [-0.2, 0) is 11.3 Å². The van der Waals surface area contributed by atoms with Crippen LogP contribution in [-0.4, -0.2) is 28.9 Å². The van der Waals surface area contributed by atoms with Gasteiger partial charge in [-0.15, -0.1) is 11.3 Å². The SMILES string of the molecule is CC(=O)N1CCCC(c2nc(CN)cs2)C1. The molecule has 16 heavy (non-hydrogen) atoms. The molecule has 1 atom stereocenters. The number of likely N-dealkylation sites (tertiary alicyclic amines) is 1. The van der Waals surface area contributed by atoms with Crippen molar-refractivity contribution < 1.29 is 4.79 Å². The van der Waals surface area contributed by atoms with Gasteiger partial charge in [0.1, 0.15) is 0 Å². The van der Waals surface area contributed by atoms with Crippen molar-refractivity contribution in [3.05, 3.63) is 16.1 Å². The van der Waals surface area contributed by atoms with Crippen molar-refractivity contribution in [1.82, 2.24) is 9.88 Å². The summed E-state index contributed by atoms with van der Waals surface area (Å²) in [5, 5.41) is 3.15. The van der Waals surface area contributed by atoms with Gasteiger partial charge in [-0.3, -0.25) is 4.79 Å². The van der Waals surface area contributed by atoms with Crippen LogP contribution >= 0.6 is 11.3 Å². The minimum Gasteiger partial charge on any atom is -0.342 e. The molecule has 0 bridgehead atoms. The summed E-state index contributed by atoms with van der Waals surface area (Å²) in [5.74, 6) is 0.572. The lowest BCUT2D eigenvalue weighted by molar-refractivity contribution is -0.130. The number of carbonyl (C=O) groups is 1. The zero-order valence-electron chi connectivity index (χ0n) is 9.48. The van der Waals surface area contributed by atoms with Gasteiger partial charge in [-0.05, 0) is 12.8 Å². The van der Waals surface area contributed by atoms with Gasteiger partial charge >= 0.3 is 0 Å². The first-order chi connectivity index (χ1) is 7.70. The van der Waals surface area contributed by atoms with E-state index in [1.54, 1.807) is 18.3 Å². The van der Waals surface area contributed by atoms with Crippen LogP contribution in [0.3, 0.4) is 0 Å². The van der Waals surface area contributed by atoms with Crippen molar-refractivity contribution in [3.63, 3.8) is 0 Å². The Bertz CT molecular complexity index is 377. The monoisotopic (exact) mass is 239 g/mol. The average Bonchev–Trinajstić information content (AvgIpc) is 2.77. The molecule has 1 aromatic heterocycles. The lowest BCUT2D eigenvalue weighted by atomic mass is 9.99. The van der Waals surface area contributed by atoms with Crippen LogP contribution in [0.4, 0.5) is 0 Å². The summed E-state index contributed by atoms with van der Waals surface area (Å²) in [5.41, 5.74) is 6.51. The third-order valence-corrected chi connectivity index (χ3v) is 4.05. The Morgan fingerprint density at radius 2 is 2.56 bits per heavy atom. The van der Waals surface area contributed by atoms with Crippen molar-refractivity contribution in [2.24, 2.45) is 5.73 Å². The number of aromatic nitrogens is 1. The molecule has 0 saturated carbocycles. The van der Waals surface area contributed by atoms with Crippen LogP contribution in [0.25, 0.3) is 0 Å². The highest BCUT2D eigenvalue weighted by Crippen LogP contribution is 2.29. The Kier molecular flexibility index (Phi) is 3.56. The predicted molar refractivity (Wildman–Crippen MR) is 64.2 cm³/mol. The number of piperidine rings is 1. The molecule has 2 heterocycles. The Balaban J connectivity index is 2.06. The van der Waals surface area contributed by atoms with Gasteiger partial charge in [0.25, 0.3) is 0 Å². The second-order valence-electron chi connectivity index (χ2n) is 4.19. The smallest absolute Gasteiger partial charge is 0.219 e. The lowest BCUT2D eigenvalue weighted by Crippen LogP contribution is -2.37. The first-order valence-corrected chi connectivity index (χ1v) is 6.48. The number of rotatable bonds is 2. The molecule has 1 amide bonds. The van der Waals surface area contributed by atoms with E-state index in [-0.39, 0.29) is 5.91 Å². The van der Waals surface area contributed by atoms with Gasteiger partial charge in [-0.2, -0.15) is 0 Å². The van der Waals surface area contributed by atoms with Crippen LogP contribution in [0.1, 0.15) is 36.4 Å². The van der Waals surface area contributed by atoms with E-state index in [2.05, 4.69) is 4.98 Å². The van der Waals surface area contributed by atoms with Crippen molar-refractivity contribution in [2.75, 3.05) is 13.1 Å². The molecule has 1 aliphatic heterocycles. The first kappa shape index (κ1) is 11.5. The maximum absolute atomic E-state index is 11.3. The minimum absolute atomic E-state index is 0.167. The number of amides is 1. The van der Waals surface area contributed by atoms with E-state index in [0.717, 1.165) is 36.6 Å². The number of nitrogens with zero attached hydrogens (tertiary/aromatic N) is 2. The summed E-state index contributed by atoms with van der Waals surface area (Å²) in [6.07, 6.45) is 2.20. The molecule has 88 valence electrons. The standard InChI is InChI=1S/C11H17N3OS/c1-8(15)14-4-2-3-9(6-14)11-13-10(5-12)7-16-11/h7,9H,2-6,12H2,1H3. The van der Waals surface area contributed by atoms with Crippen molar-refractivity contribution in [3.8, 4) is 0 Å². The van der Waals surface area contributed by atoms with Gasteiger partial charge in [0.2, 0.25) is 5.91 Å². The van der Waals surface area contributed by atoms with Gasteiger partial charge in [-0.25, -0.2) is 4.98 Å². The highest BCUT2D eigenvalue weighted by atomic mass is 32.1. The maximum Gasteiger partial charge on any atom is 0.219 e. The van der Waals surface area contributed by atoms with E-state index in [9.17, 15) is 4.79 Å². The molecule has 0 radical (unpaired) electrons. The zero-order valence-corrected chi connectivity index (χ0v) is 10.3. The van der Waals surface area contributed by atoms with Crippen LogP contribution in [0.5, 0.6) is 0 Å². The zero-order chi connectivity index (χ0) is 11.5. The fourth-order valence-electron chi connectivity index (χ4n) is 2.07. The first-order valence-electron chi connectivity index (χ1n) is 5.60. The van der Waals surface area contributed by atoms with Gasteiger partial charge in [0.15, 0.2) is 0 Å².